The Bertz CT molecular complexity index is 990. The molecule has 0 aliphatic carbocycles. The van der Waals surface area contributed by atoms with Gasteiger partial charge in [-0.3, -0.25) is 9.59 Å². The van der Waals surface area contributed by atoms with Crippen molar-refractivity contribution in [2.45, 2.75) is 18.9 Å². The molecule has 0 saturated carbocycles. The molecule has 0 spiro atoms. The Hall–Kier alpha value is -3.34. The minimum Gasteiger partial charge on any atom is -0.484 e. The first kappa shape index (κ1) is 19.0. The van der Waals surface area contributed by atoms with E-state index in [1.54, 1.807) is 0 Å². The van der Waals surface area contributed by atoms with Gasteiger partial charge in [0, 0.05) is 24.7 Å². The van der Waals surface area contributed by atoms with Crippen molar-refractivity contribution in [1.82, 2.24) is 10.2 Å². The Kier molecular flexibility index (Phi) is 5.75. The third-order valence-electron chi connectivity index (χ3n) is 5.32. The van der Waals surface area contributed by atoms with Gasteiger partial charge in [-0.2, -0.15) is 0 Å². The molecule has 1 heterocycles. The molecule has 2 amide bonds. The summed E-state index contributed by atoms with van der Waals surface area (Å²) >= 11 is 0. The fourth-order valence-electron chi connectivity index (χ4n) is 3.71. The zero-order chi connectivity index (χ0) is 20.1. The normalized spacial score (nSPS) is 14.6. The molecule has 1 fully saturated rings. The van der Waals surface area contributed by atoms with Gasteiger partial charge < -0.3 is 15.0 Å². The highest BCUT2D eigenvalue weighted by atomic mass is 16.5. The summed E-state index contributed by atoms with van der Waals surface area (Å²) in [5.41, 5.74) is 0.692. The SMILES string of the molecule is O=C(NC1CCN(C(=O)COc2ccccc2)CC1)c1cccc2ccccc12. The predicted molar refractivity (Wildman–Crippen MR) is 113 cm³/mol. The number of benzene rings is 3. The average Bonchev–Trinajstić information content (AvgIpc) is 2.78. The van der Waals surface area contributed by atoms with Crippen LogP contribution < -0.4 is 10.1 Å². The maximum Gasteiger partial charge on any atom is 0.260 e. The van der Waals surface area contributed by atoms with E-state index in [0.717, 1.165) is 23.6 Å². The smallest absolute Gasteiger partial charge is 0.260 e. The number of piperidine rings is 1. The van der Waals surface area contributed by atoms with Crippen LogP contribution in [-0.4, -0.2) is 42.5 Å². The third kappa shape index (κ3) is 4.57. The van der Waals surface area contributed by atoms with Gasteiger partial charge in [0.1, 0.15) is 5.75 Å². The molecule has 0 radical (unpaired) electrons. The van der Waals surface area contributed by atoms with E-state index in [2.05, 4.69) is 5.32 Å². The minimum absolute atomic E-state index is 0.0207. The second-order valence-electron chi connectivity index (χ2n) is 7.26. The zero-order valence-electron chi connectivity index (χ0n) is 16.2. The Labute approximate surface area is 170 Å². The number of fused-ring (bicyclic) bond motifs is 1. The number of ether oxygens (including phenoxy) is 1. The molecule has 29 heavy (non-hydrogen) atoms. The van der Waals surface area contributed by atoms with Crippen molar-refractivity contribution < 1.29 is 14.3 Å². The summed E-state index contributed by atoms with van der Waals surface area (Å²) in [6, 6.07) is 23.1. The van der Waals surface area contributed by atoms with Gasteiger partial charge in [0.2, 0.25) is 0 Å². The number of likely N-dealkylation sites (tertiary alicyclic amines) is 1. The third-order valence-corrected chi connectivity index (χ3v) is 5.32. The van der Waals surface area contributed by atoms with E-state index in [1.165, 1.54) is 0 Å². The first-order chi connectivity index (χ1) is 14.2. The van der Waals surface area contributed by atoms with E-state index < -0.39 is 0 Å². The van der Waals surface area contributed by atoms with Crippen LogP contribution in [0.1, 0.15) is 23.2 Å². The van der Waals surface area contributed by atoms with E-state index in [1.807, 2.05) is 77.7 Å². The zero-order valence-corrected chi connectivity index (χ0v) is 16.2. The summed E-state index contributed by atoms with van der Waals surface area (Å²) in [5, 5.41) is 5.15. The highest BCUT2D eigenvalue weighted by molar-refractivity contribution is 6.07. The summed E-state index contributed by atoms with van der Waals surface area (Å²) in [6.45, 7) is 1.28. The second kappa shape index (κ2) is 8.78. The van der Waals surface area contributed by atoms with Crippen LogP contribution in [0, 0.1) is 0 Å². The van der Waals surface area contributed by atoms with E-state index in [4.69, 9.17) is 4.74 Å². The van der Waals surface area contributed by atoms with E-state index in [0.29, 0.717) is 24.4 Å². The topological polar surface area (TPSA) is 58.6 Å². The van der Waals surface area contributed by atoms with Crippen molar-refractivity contribution >= 4 is 22.6 Å². The number of nitrogens with zero attached hydrogens (tertiary/aromatic N) is 1. The van der Waals surface area contributed by atoms with Crippen molar-refractivity contribution in [2.24, 2.45) is 0 Å². The molecule has 5 nitrogen and oxygen atoms in total. The van der Waals surface area contributed by atoms with E-state index >= 15 is 0 Å². The number of rotatable bonds is 5. The van der Waals surface area contributed by atoms with Gasteiger partial charge in [0.15, 0.2) is 6.61 Å². The van der Waals surface area contributed by atoms with Crippen molar-refractivity contribution in [2.75, 3.05) is 19.7 Å². The molecule has 5 heteroatoms. The van der Waals surface area contributed by atoms with Gasteiger partial charge in [-0.1, -0.05) is 54.6 Å². The first-order valence-electron chi connectivity index (χ1n) is 9.95. The molecule has 0 aromatic heterocycles. The van der Waals surface area contributed by atoms with Crippen LogP contribution in [-0.2, 0) is 4.79 Å². The van der Waals surface area contributed by atoms with Crippen molar-refractivity contribution in [3.63, 3.8) is 0 Å². The standard InChI is InChI=1S/C24H24N2O3/c27-23(17-29-20-9-2-1-3-10-20)26-15-13-19(14-16-26)25-24(28)22-12-6-8-18-7-4-5-11-21(18)22/h1-12,19H,13-17H2,(H,25,28). The molecule has 3 aromatic rings. The molecule has 4 rings (SSSR count). The number of hydrogen-bond donors (Lipinski definition) is 1. The number of carbonyl (C=O) groups excluding carboxylic acids is 2. The van der Waals surface area contributed by atoms with Gasteiger partial charge >= 0.3 is 0 Å². The van der Waals surface area contributed by atoms with Crippen LogP contribution in [0.25, 0.3) is 10.8 Å². The molecule has 3 aromatic carbocycles. The number of nitrogens with one attached hydrogen (secondary N) is 1. The monoisotopic (exact) mass is 388 g/mol. The van der Waals surface area contributed by atoms with Crippen LogP contribution in [0.3, 0.4) is 0 Å². The number of amides is 2. The molecule has 0 unspecified atom stereocenters. The lowest BCUT2D eigenvalue weighted by atomic mass is 10.0. The number of carbonyl (C=O) groups is 2. The quantitative estimate of drug-likeness (QED) is 0.726. The van der Waals surface area contributed by atoms with E-state index in [-0.39, 0.29) is 24.5 Å². The second-order valence-corrected chi connectivity index (χ2v) is 7.26. The predicted octanol–water partition coefficient (Wildman–Crippen LogP) is 3.64. The van der Waals surface area contributed by atoms with Gasteiger partial charge in [0.25, 0.3) is 11.8 Å². The van der Waals surface area contributed by atoms with Crippen LogP contribution in [0.2, 0.25) is 0 Å². The summed E-state index contributed by atoms with van der Waals surface area (Å²) in [7, 11) is 0. The molecule has 148 valence electrons. The lowest BCUT2D eigenvalue weighted by molar-refractivity contribution is -0.134. The molecular weight excluding hydrogens is 364 g/mol. The van der Waals surface area contributed by atoms with Crippen LogP contribution in [0.4, 0.5) is 0 Å². The minimum atomic E-state index is -0.0565. The van der Waals surface area contributed by atoms with Gasteiger partial charge in [-0.05, 0) is 41.8 Å². The Balaban J connectivity index is 1.29. The fourth-order valence-corrected chi connectivity index (χ4v) is 3.71. The van der Waals surface area contributed by atoms with Crippen LogP contribution >= 0.6 is 0 Å². The maximum atomic E-state index is 12.8. The molecule has 1 aliphatic rings. The number of para-hydroxylation sites is 1. The Morgan fingerprint density at radius 2 is 1.59 bits per heavy atom. The summed E-state index contributed by atoms with van der Waals surface area (Å²) in [6.07, 6.45) is 1.49. The lowest BCUT2D eigenvalue weighted by Gasteiger charge is -2.32. The molecule has 1 N–H and O–H groups in total. The Morgan fingerprint density at radius 3 is 2.38 bits per heavy atom. The fraction of sp³-hybridized carbons (Fsp3) is 0.250. The summed E-state index contributed by atoms with van der Waals surface area (Å²) in [4.78, 5) is 27.0. The van der Waals surface area contributed by atoms with Crippen molar-refractivity contribution in [3.05, 3.63) is 78.4 Å². The van der Waals surface area contributed by atoms with Crippen LogP contribution in [0.5, 0.6) is 5.75 Å². The molecule has 0 atom stereocenters. The highest BCUT2D eigenvalue weighted by Crippen LogP contribution is 2.19. The molecule has 1 saturated heterocycles. The van der Waals surface area contributed by atoms with E-state index in [9.17, 15) is 9.59 Å². The van der Waals surface area contributed by atoms with Gasteiger partial charge in [-0.15, -0.1) is 0 Å². The Morgan fingerprint density at radius 1 is 0.897 bits per heavy atom. The molecule has 1 aliphatic heterocycles. The average molecular weight is 388 g/mol. The summed E-state index contributed by atoms with van der Waals surface area (Å²) < 4.78 is 5.55. The molecule has 0 bridgehead atoms. The maximum absolute atomic E-state index is 12.8. The lowest BCUT2D eigenvalue weighted by Crippen LogP contribution is -2.47. The van der Waals surface area contributed by atoms with Crippen molar-refractivity contribution in [1.29, 1.82) is 0 Å². The first-order valence-corrected chi connectivity index (χ1v) is 9.95. The molecular formula is C24H24N2O3. The summed E-state index contributed by atoms with van der Waals surface area (Å²) in [5.74, 6) is 0.616. The highest BCUT2D eigenvalue weighted by Gasteiger charge is 2.24. The van der Waals surface area contributed by atoms with Crippen molar-refractivity contribution in [3.8, 4) is 5.75 Å². The van der Waals surface area contributed by atoms with Crippen LogP contribution in [0.15, 0.2) is 72.8 Å². The number of hydrogen-bond acceptors (Lipinski definition) is 3. The van der Waals surface area contributed by atoms with Gasteiger partial charge in [0.05, 0.1) is 0 Å². The largest absolute Gasteiger partial charge is 0.484 e. The van der Waals surface area contributed by atoms with Gasteiger partial charge in [-0.25, -0.2) is 0 Å².